The van der Waals surface area contributed by atoms with Gasteiger partial charge in [-0.3, -0.25) is 4.79 Å². The average molecular weight is 545 g/mol. The molecular weight excluding hydrogens is 523 g/mol. The van der Waals surface area contributed by atoms with Gasteiger partial charge in [0.25, 0.3) is 5.91 Å². The van der Waals surface area contributed by atoms with Crippen LogP contribution < -0.4 is 15.8 Å². The first kappa shape index (κ1) is 23.0. The lowest BCUT2D eigenvalue weighted by Crippen LogP contribution is -2.42. The Morgan fingerprint density at radius 1 is 1.19 bits per heavy atom. The Morgan fingerprint density at radius 3 is 2.52 bits per heavy atom. The fraction of sp³-hybridized carbons (Fsp3) is 0.333. The van der Waals surface area contributed by atoms with Gasteiger partial charge in [0.1, 0.15) is 29.1 Å². The smallest absolute Gasteiger partial charge is 0.409 e. The van der Waals surface area contributed by atoms with Gasteiger partial charge in [0.2, 0.25) is 0 Å². The van der Waals surface area contributed by atoms with Gasteiger partial charge >= 0.3 is 6.09 Å². The van der Waals surface area contributed by atoms with Crippen LogP contribution in [-0.2, 0) is 4.74 Å². The molecule has 2 aromatic carbocycles. The van der Waals surface area contributed by atoms with Crippen LogP contribution in [0.5, 0.6) is 5.75 Å². The molecule has 2 amide bonds. The highest BCUT2D eigenvalue weighted by Gasteiger charge is 2.27. The van der Waals surface area contributed by atoms with Crippen molar-refractivity contribution in [2.24, 2.45) is 5.73 Å². The lowest BCUT2D eigenvalue weighted by molar-refractivity contribution is 0.0698. The Bertz CT molecular complexity index is 981. The molecule has 0 bridgehead atoms. The first-order valence-corrected chi connectivity index (χ1v) is 10.8. The molecule has 0 aromatic heterocycles. The van der Waals surface area contributed by atoms with Crippen molar-refractivity contribution in [3.8, 4) is 5.75 Å². The number of carbonyl (C=O) groups excluding carboxylic acids is 2. The predicted molar refractivity (Wildman–Crippen MR) is 120 cm³/mol. The molecule has 7 nitrogen and oxygen atoms in total. The second-order valence-corrected chi connectivity index (χ2v) is 8.19. The normalized spacial score (nSPS) is 14.3. The Labute approximate surface area is 192 Å². The van der Waals surface area contributed by atoms with Crippen LogP contribution in [0.2, 0.25) is 0 Å². The van der Waals surface area contributed by atoms with Crippen molar-refractivity contribution in [3.63, 3.8) is 0 Å². The summed E-state index contributed by atoms with van der Waals surface area (Å²) in [6.45, 7) is 2.83. The van der Waals surface area contributed by atoms with Crippen molar-refractivity contribution in [1.82, 2.24) is 4.90 Å². The molecule has 31 heavy (non-hydrogen) atoms. The lowest BCUT2D eigenvalue weighted by Gasteiger charge is -2.31. The van der Waals surface area contributed by atoms with Crippen molar-refractivity contribution in [3.05, 3.63) is 51.1 Å². The van der Waals surface area contributed by atoms with Crippen molar-refractivity contribution in [2.75, 3.05) is 25.0 Å². The number of hydrogen-bond donors (Lipinski definition) is 2. The number of nitrogens with one attached hydrogen (secondary N) is 1. The highest BCUT2D eigenvalue weighted by atomic mass is 127. The van der Waals surface area contributed by atoms with E-state index in [0.717, 1.165) is 12.1 Å². The summed E-state index contributed by atoms with van der Waals surface area (Å²) in [5.41, 5.74) is 5.54. The third-order valence-corrected chi connectivity index (χ3v) is 5.45. The quantitative estimate of drug-likeness (QED) is 0.525. The minimum atomic E-state index is -0.840. The third-order valence-electron chi connectivity index (χ3n) is 4.78. The van der Waals surface area contributed by atoms with Gasteiger partial charge in [0.15, 0.2) is 0 Å². The summed E-state index contributed by atoms with van der Waals surface area (Å²) in [7, 11) is 0. The number of ether oxygens (including phenoxy) is 2. The Kier molecular flexibility index (Phi) is 7.52. The number of piperidine rings is 1. The van der Waals surface area contributed by atoms with E-state index in [9.17, 15) is 18.4 Å². The first-order valence-electron chi connectivity index (χ1n) is 9.72. The number of benzene rings is 2. The molecule has 0 unspecified atom stereocenters. The fourth-order valence-corrected chi connectivity index (χ4v) is 3.77. The number of likely N-dealkylation sites (tertiary alicyclic amines) is 1. The minimum Gasteiger partial charge on any atom is -0.489 e. The van der Waals surface area contributed by atoms with E-state index in [1.54, 1.807) is 17.9 Å². The zero-order chi connectivity index (χ0) is 22.5. The largest absolute Gasteiger partial charge is 0.489 e. The topological polar surface area (TPSA) is 93.9 Å². The summed E-state index contributed by atoms with van der Waals surface area (Å²) in [5.74, 6) is -2.10. The molecule has 10 heteroatoms. The summed E-state index contributed by atoms with van der Waals surface area (Å²) in [4.78, 5) is 25.6. The van der Waals surface area contributed by atoms with Gasteiger partial charge in [0, 0.05) is 35.6 Å². The van der Waals surface area contributed by atoms with Crippen LogP contribution >= 0.6 is 22.6 Å². The lowest BCUT2D eigenvalue weighted by atomic mass is 10.1. The van der Waals surface area contributed by atoms with Crippen LogP contribution in [-0.4, -0.2) is 42.7 Å². The van der Waals surface area contributed by atoms with E-state index in [-0.39, 0.29) is 35.4 Å². The van der Waals surface area contributed by atoms with Crippen LogP contribution in [0.4, 0.5) is 25.0 Å². The van der Waals surface area contributed by atoms with Crippen LogP contribution in [0.3, 0.4) is 0 Å². The van der Waals surface area contributed by atoms with E-state index < -0.39 is 23.6 Å². The molecule has 0 aliphatic carbocycles. The molecule has 1 heterocycles. The summed E-state index contributed by atoms with van der Waals surface area (Å²) in [6, 6.07) is 6.60. The first-order chi connectivity index (χ1) is 14.8. The maximum atomic E-state index is 14.3. The van der Waals surface area contributed by atoms with Gasteiger partial charge in [-0.1, -0.05) is 0 Å². The Hall–Kier alpha value is -2.63. The minimum absolute atomic E-state index is 0.00608. The van der Waals surface area contributed by atoms with E-state index in [1.807, 2.05) is 22.6 Å². The molecule has 1 saturated heterocycles. The molecule has 2 aromatic rings. The SMILES string of the molecule is CCOC(=O)N1CCC(Oc2cc(F)cc(Nc3ccc(I)cc3F)c2C(N)=O)CC1. The molecule has 3 rings (SSSR count). The van der Waals surface area contributed by atoms with Gasteiger partial charge in [-0.2, -0.15) is 0 Å². The summed E-state index contributed by atoms with van der Waals surface area (Å²) >= 11 is 1.97. The highest BCUT2D eigenvalue weighted by molar-refractivity contribution is 14.1. The van der Waals surface area contributed by atoms with Gasteiger partial charge < -0.3 is 25.4 Å². The van der Waals surface area contributed by atoms with Crippen LogP contribution in [0.1, 0.15) is 30.1 Å². The number of nitrogens with zero attached hydrogens (tertiary/aromatic N) is 1. The van der Waals surface area contributed by atoms with E-state index in [0.29, 0.717) is 29.5 Å². The van der Waals surface area contributed by atoms with Crippen LogP contribution in [0.25, 0.3) is 0 Å². The summed E-state index contributed by atoms with van der Waals surface area (Å²) in [6.07, 6.45) is 0.202. The van der Waals surface area contributed by atoms with Gasteiger partial charge in [-0.25, -0.2) is 13.6 Å². The maximum Gasteiger partial charge on any atom is 0.409 e. The van der Waals surface area contributed by atoms with Crippen molar-refractivity contribution in [2.45, 2.75) is 25.9 Å². The van der Waals surface area contributed by atoms with Gasteiger partial charge in [-0.15, -0.1) is 0 Å². The second kappa shape index (κ2) is 10.1. The summed E-state index contributed by atoms with van der Waals surface area (Å²) in [5, 5.41) is 2.74. The molecule has 1 fully saturated rings. The molecule has 1 aliphatic rings. The van der Waals surface area contributed by atoms with E-state index >= 15 is 0 Å². The molecule has 166 valence electrons. The summed E-state index contributed by atoms with van der Waals surface area (Å²) < 4.78 is 40.1. The number of anilines is 2. The number of halogens is 3. The average Bonchev–Trinajstić information content (AvgIpc) is 2.70. The molecule has 3 N–H and O–H groups in total. The number of hydrogen-bond acceptors (Lipinski definition) is 5. The van der Waals surface area contributed by atoms with E-state index in [2.05, 4.69) is 5.32 Å². The highest BCUT2D eigenvalue weighted by Crippen LogP contribution is 2.33. The second-order valence-electron chi connectivity index (χ2n) is 6.94. The number of primary amides is 1. The predicted octanol–water partition coefficient (Wildman–Crippen LogP) is 4.41. The maximum absolute atomic E-state index is 14.3. The van der Waals surface area contributed by atoms with Gasteiger partial charge in [-0.05, 0) is 53.8 Å². The number of amides is 2. The van der Waals surface area contributed by atoms with Crippen LogP contribution in [0.15, 0.2) is 30.3 Å². The zero-order valence-corrected chi connectivity index (χ0v) is 18.9. The number of carbonyl (C=O) groups is 2. The number of rotatable bonds is 6. The van der Waals surface area contributed by atoms with Crippen molar-refractivity contribution >= 4 is 46.0 Å². The monoisotopic (exact) mass is 545 g/mol. The van der Waals surface area contributed by atoms with Gasteiger partial charge in [0.05, 0.1) is 18.0 Å². The van der Waals surface area contributed by atoms with E-state index in [1.165, 1.54) is 12.1 Å². The number of nitrogens with two attached hydrogens (primary N) is 1. The van der Waals surface area contributed by atoms with Crippen molar-refractivity contribution < 1.29 is 27.8 Å². The molecule has 0 spiro atoms. The Morgan fingerprint density at radius 2 is 1.90 bits per heavy atom. The van der Waals surface area contributed by atoms with Crippen molar-refractivity contribution in [1.29, 1.82) is 0 Å². The van der Waals surface area contributed by atoms with Crippen LogP contribution in [0, 0.1) is 15.2 Å². The molecular formula is C21H22F2IN3O4. The fourth-order valence-electron chi connectivity index (χ4n) is 3.31. The van der Waals surface area contributed by atoms with E-state index in [4.69, 9.17) is 15.2 Å². The standard InChI is InChI=1S/C21H22F2IN3O4/c1-2-30-21(29)27-7-5-14(6-8-27)31-18-10-12(22)9-17(19(18)20(25)28)26-16-4-3-13(24)11-15(16)23/h3-4,9-11,14,26H,2,5-8H2,1H3,(H2,25,28). The Balaban J connectivity index is 1.81. The third kappa shape index (κ3) is 5.75. The molecule has 1 aliphatic heterocycles. The molecule has 0 atom stereocenters. The molecule has 0 saturated carbocycles. The zero-order valence-electron chi connectivity index (χ0n) is 16.8. The molecule has 0 radical (unpaired) electrons.